The highest BCUT2D eigenvalue weighted by Gasteiger charge is 2.39. The summed E-state index contributed by atoms with van der Waals surface area (Å²) in [6.45, 7) is 1.77. The molecular formula is C12H20N2O. The molecule has 0 aromatic heterocycles. The van der Waals surface area contributed by atoms with Crippen molar-refractivity contribution in [2.24, 2.45) is 17.8 Å². The van der Waals surface area contributed by atoms with Crippen LogP contribution >= 0.6 is 0 Å². The number of carbonyl (C=O) groups is 1. The van der Waals surface area contributed by atoms with Crippen LogP contribution in [-0.2, 0) is 4.79 Å². The summed E-state index contributed by atoms with van der Waals surface area (Å²) in [6.07, 6.45) is 7.79. The molecule has 2 bridgehead atoms. The van der Waals surface area contributed by atoms with Crippen molar-refractivity contribution in [3.63, 3.8) is 0 Å². The quantitative estimate of drug-likeness (QED) is 0.521. The van der Waals surface area contributed by atoms with Crippen LogP contribution in [0.5, 0.6) is 0 Å². The average Bonchev–Trinajstić information content (AvgIpc) is 2.85. The number of hydrogen-bond acceptors (Lipinski definition) is 2. The number of nitrogens with one attached hydrogen (secondary N) is 2. The standard InChI is InChI=1S/C12H20N2O/c1-13-5-2-6-14-12(15)11-8-9-3-4-10(11)7-9/h3-4,9-11,13H,2,5-8H2,1H3,(H,14,15). The fourth-order valence-electron chi connectivity index (χ4n) is 2.69. The number of fused-ring (bicyclic) bond motifs is 2. The van der Waals surface area contributed by atoms with Crippen molar-refractivity contribution in [1.29, 1.82) is 0 Å². The number of rotatable bonds is 5. The lowest BCUT2D eigenvalue weighted by atomic mass is 9.93. The van der Waals surface area contributed by atoms with Gasteiger partial charge in [0.25, 0.3) is 0 Å². The second-order valence-corrected chi connectivity index (χ2v) is 4.63. The van der Waals surface area contributed by atoms with Crippen LogP contribution in [0.15, 0.2) is 12.2 Å². The number of hydrogen-bond donors (Lipinski definition) is 2. The van der Waals surface area contributed by atoms with E-state index < -0.39 is 0 Å². The zero-order valence-electron chi connectivity index (χ0n) is 9.33. The second kappa shape index (κ2) is 4.79. The SMILES string of the molecule is CNCCCNC(=O)C1CC2C=CC1C2. The Labute approximate surface area is 91.3 Å². The molecular weight excluding hydrogens is 188 g/mol. The third kappa shape index (κ3) is 2.40. The molecule has 0 aromatic carbocycles. The first-order valence-electron chi connectivity index (χ1n) is 5.92. The Morgan fingerprint density at radius 3 is 2.80 bits per heavy atom. The van der Waals surface area contributed by atoms with Gasteiger partial charge in [0, 0.05) is 12.5 Å². The van der Waals surface area contributed by atoms with E-state index in [9.17, 15) is 4.79 Å². The first kappa shape index (κ1) is 10.7. The number of carbonyl (C=O) groups excluding carboxylic acids is 1. The first-order chi connectivity index (χ1) is 7.31. The van der Waals surface area contributed by atoms with Crippen molar-refractivity contribution in [1.82, 2.24) is 10.6 Å². The predicted molar refractivity (Wildman–Crippen MR) is 60.4 cm³/mol. The van der Waals surface area contributed by atoms with E-state index in [1.807, 2.05) is 7.05 Å². The Morgan fingerprint density at radius 2 is 2.20 bits per heavy atom. The summed E-state index contributed by atoms with van der Waals surface area (Å²) in [5.74, 6) is 1.74. The van der Waals surface area contributed by atoms with E-state index in [2.05, 4.69) is 22.8 Å². The van der Waals surface area contributed by atoms with Gasteiger partial charge in [-0.25, -0.2) is 0 Å². The van der Waals surface area contributed by atoms with Gasteiger partial charge in [-0.1, -0.05) is 12.2 Å². The Balaban J connectivity index is 1.70. The molecule has 3 heteroatoms. The summed E-state index contributed by atoms with van der Waals surface area (Å²) in [7, 11) is 1.93. The molecule has 3 atom stereocenters. The molecule has 15 heavy (non-hydrogen) atoms. The highest BCUT2D eigenvalue weighted by atomic mass is 16.1. The summed E-state index contributed by atoms with van der Waals surface area (Å²) in [5, 5.41) is 6.11. The van der Waals surface area contributed by atoms with Crippen molar-refractivity contribution >= 4 is 5.91 Å². The molecule has 0 aromatic rings. The third-order valence-corrected chi connectivity index (χ3v) is 3.52. The predicted octanol–water partition coefficient (Wildman–Crippen LogP) is 0.924. The molecule has 0 aliphatic heterocycles. The maximum atomic E-state index is 11.8. The van der Waals surface area contributed by atoms with Gasteiger partial charge in [-0.05, 0) is 44.7 Å². The average molecular weight is 208 g/mol. The van der Waals surface area contributed by atoms with Gasteiger partial charge in [0.15, 0.2) is 0 Å². The molecule has 2 aliphatic carbocycles. The summed E-state index contributed by atoms with van der Waals surface area (Å²) in [6, 6.07) is 0. The molecule has 2 rings (SSSR count). The molecule has 84 valence electrons. The van der Waals surface area contributed by atoms with Gasteiger partial charge in [-0.3, -0.25) is 4.79 Å². The van der Waals surface area contributed by atoms with Crippen LogP contribution in [0.3, 0.4) is 0 Å². The third-order valence-electron chi connectivity index (χ3n) is 3.52. The van der Waals surface area contributed by atoms with Crippen LogP contribution in [0, 0.1) is 17.8 Å². The highest BCUT2D eigenvalue weighted by molar-refractivity contribution is 5.79. The van der Waals surface area contributed by atoms with Gasteiger partial charge >= 0.3 is 0 Å². The molecule has 0 radical (unpaired) electrons. The van der Waals surface area contributed by atoms with E-state index in [0.717, 1.165) is 25.9 Å². The molecule has 1 amide bonds. The van der Waals surface area contributed by atoms with E-state index >= 15 is 0 Å². The fraction of sp³-hybridized carbons (Fsp3) is 0.750. The summed E-state index contributed by atoms with van der Waals surface area (Å²) >= 11 is 0. The lowest BCUT2D eigenvalue weighted by molar-refractivity contribution is -0.125. The first-order valence-corrected chi connectivity index (χ1v) is 5.92. The molecule has 2 N–H and O–H groups in total. The van der Waals surface area contributed by atoms with Gasteiger partial charge in [0.2, 0.25) is 5.91 Å². The molecule has 0 heterocycles. The minimum atomic E-state index is 0.259. The van der Waals surface area contributed by atoms with E-state index in [-0.39, 0.29) is 11.8 Å². The largest absolute Gasteiger partial charge is 0.356 e. The molecule has 0 spiro atoms. The molecule has 2 aliphatic rings. The monoisotopic (exact) mass is 208 g/mol. The van der Waals surface area contributed by atoms with Gasteiger partial charge in [0.1, 0.15) is 0 Å². The van der Waals surface area contributed by atoms with Crippen LogP contribution in [-0.4, -0.2) is 26.0 Å². The van der Waals surface area contributed by atoms with Crippen molar-refractivity contribution in [2.45, 2.75) is 19.3 Å². The smallest absolute Gasteiger partial charge is 0.223 e. The van der Waals surface area contributed by atoms with Crippen LogP contribution < -0.4 is 10.6 Å². The minimum Gasteiger partial charge on any atom is -0.356 e. The zero-order chi connectivity index (χ0) is 10.7. The van der Waals surface area contributed by atoms with Crippen molar-refractivity contribution in [3.05, 3.63) is 12.2 Å². The van der Waals surface area contributed by atoms with E-state index in [1.54, 1.807) is 0 Å². The molecule has 1 saturated carbocycles. The molecule has 3 unspecified atom stereocenters. The van der Waals surface area contributed by atoms with Crippen LogP contribution in [0.25, 0.3) is 0 Å². The number of amides is 1. The van der Waals surface area contributed by atoms with Crippen LogP contribution in [0.2, 0.25) is 0 Å². The Kier molecular flexibility index (Phi) is 3.41. The van der Waals surface area contributed by atoms with Gasteiger partial charge in [0.05, 0.1) is 0 Å². The van der Waals surface area contributed by atoms with Crippen molar-refractivity contribution in [3.8, 4) is 0 Å². The Hall–Kier alpha value is -0.830. The summed E-state index contributed by atoms with van der Waals surface area (Å²) in [4.78, 5) is 11.8. The summed E-state index contributed by atoms with van der Waals surface area (Å²) in [5.41, 5.74) is 0. The topological polar surface area (TPSA) is 41.1 Å². The maximum Gasteiger partial charge on any atom is 0.223 e. The minimum absolute atomic E-state index is 0.259. The Morgan fingerprint density at radius 1 is 1.33 bits per heavy atom. The fourth-order valence-corrected chi connectivity index (χ4v) is 2.69. The van der Waals surface area contributed by atoms with Crippen molar-refractivity contribution < 1.29 is 4.79 Å². The summed E-state index contributed by atoms with van der Waals surface area (Å²) < 4.78 is 0. The van der Waals surface area contributed by atoms with E-state index in [1.165, 1.54) is 6.42 Å². The molecule has 1 fully saturated rings. The van der Waals surface area contributed by atoms with Gasteiger partial charge in [-0.15, -0.1) is 0 Å². The normalized spacial score (nSPS) is 32.2. The van der Waals surface area contributed by atoms with E-state index in [4.69, 9.17) is 0 Å². The molecule has 0 saturated heterocycles. The lowest BCUT2D eigenvalue weighted by Gasteiger charge is -2.17. The van der Waals surface area contributed by atoms with Gasteiger partial charge in [-0.2, -0.15) is 0 Å². The number of allylic oxidation sites excluding steroid dienone is 2. The van der Waals surface area contributed by atoms with Crippen molar-refractivity contribution in [2.75, 3.05) is 20.1 Å². The lowest BCUT2D eigenvalue weighted by Crippen LogP contribution is -2.34. The maximum absolute atomic E-state index is 11.8. The second-order valence-electron chi connectivity index (χ2n) is 4.63. The zero-order valence-corrected chi connectivity index (χ0v) is 9.33. The Bertz CT molecular complexity index is 262. The van der Waals surface area contributed by atoms with Crippen LogP contribution in [0.1, 0.15) is 19.3 Å². The van der Waals surface area contributed by atoms with E-state index in [0.29, 0.717) is 11.8 Å². The molecule has 3 nitrogen and oxygen atoms in total. The highest BCUT2D eigenvalue weighted by Crippen LogP contribution is 2.43. The van der Waals surface area contributed by atoms with Gasteiger partial charge < -0.3 is 10.6 Å². The van der Waals surface area contributed by atoms with Crippen LogP contribution in [0.4, 0.5) is 0 Å².